The predicted molar refractivity (Wildman–Crippen MR) is 55.9 cm³/mol. The Morgan fingerprint density at radius 3 is 2.85 bits per heavy atom. The molecule has 0 amide bonds. The molecule has 1 aromatic heterocycles. The number of nitrogens with one attached hydrogen (secondary N) is 1. The highest BCUT2D eigenvalue weighted by Crippen LogP contribution is 2.20. The Bertz CT molecular complexity index is 272. The quantitative estimate of drug-likeness (QED) is 0.683. The molecule has 13 heavy (non-hydrogen) atoms. The minimum Gasteiger partial charge on any atom is -0.396 e. The van der Waals surface area contributed by atoms with Crippen LogP contribution in [0.4, 0.5) is 10.8 Å². The van der Waals surface area contributed by atoms with Gasteiger partial charge in [-0.25, -0.2) is 0 Å². The highest BCUT2D eigenvalue weighted by Gasteiger charge is 2.16. The van der Waals surface area contributed by atoms with Gasteiger partial charge in [0, 0.05) is 24.6 Å². The Balaban J connectivity index is 2.43. The minimum atomic E-state index is -0.112. The van der Waals surface area contributed by atoms with Gasteiger partial charge in [-0.2, -0.15) is 4.37 Å². The lowest BCUT2D eigenvalue weighted by molar-refractivity contribution is 0.171. The summed E-state index contributed by atoms with van der Waals surface area (Å²) in [4.78, 5) is 0. The molecular formula is C8H15N3OS. The van der Waals surface area contributed by atoms with Crippen molar-refractivity contribution >= 4 is 22.4 Å². The van der Waals surface area contributed by atoms with Crippen molar-refractivity contribution in [2.45, 2.75) is 13.8 Å². The van der Waals surface area contributed by atoms with Crippen molar-refractivity contribution in [1.29, 1.82) is 0 Å². The van der Waals surface area contributed by atoms with Crippen LogP contribution in [0.1, 0.15) is 13.8 Å². The van der Waals surface area contributed by atoms with Crippen molar-refractivity contribution < 1.29 is 5.11 Å². The van der Waals surface area contributed by atoms with Crippen LogP contribution < -0.4 is 11.1 Å². The van der Waals surface area contributed by atoms with E-state index in [1.54, 1.807) is 6.07 Å². The Morgan fingerprint density at radius 1 is 1.69 bits per heavy atom. The molecule has 0 saturated heterocycles. The third-order valence-corrected chi connectivity index (χ3v) is 2.46. The first-order valence-electron chi connectivity index (χ1n) is 4.10. The maximum Gasteiger partial charge on any atom is 0.139 e. The van der Waals surface area contributed by atoms with Gasteiger partial charge < -0.3 is 16.2 Å². The summed E-state index contributed by atoms with van der Waals surface area (Å²) in [5.74, 6) is 0.536. The summed E-state index contributed by atoms with van der Waals surface area (Å²) >= 11 is 1.33. The van der Waals surface area contributed by atoms with Gasteiger partial charge in [-0.15, -0.1) is 0 Å². The zero-order valence-electron chi connectivity index (χ0n) is 7.87. The van der Waals surface area contributed by atoms with Gasteiger partial charge in [-0.1, -0.05) is 13.8 Å². The summed E-state index contributed by atoms with van der Waals surface area (Å²) < 4.78 is 3.94. The summed E-state index contributed by atoms with van der Waals surface area (Å²) in [6.07, 6.45) is 0. The first kappa shape index (κ1) is 10.3. The molecule has 0 spiro atoms. The van der Waals surface area contributed by atoms with E-state index in [2.05, 4.69) is 9.69 Å². The number of nitrogens with zero attached hydrogens (tertiary/aromatic N) is 1. The van der Waals surface area contributed by atoms with Crippen molar-refractivity contribution in [2.75, 3.05) is 24.2 Å². The highest BCUT2D eigenvalue weighted by molar-refractivity contribution is 7.10. The van der Waals surface area contributed by atoms with Crippen molar-refractivity contribution in [3.8, 4) is 0 Å². The van der Waals surface area contributed by atoms with Crippen LogP contribution in [-0.2, 0) is 0 Å². The Morgan fingerprint density at radius 2 is 2.38 bits per heavy atom. The van der Waals surface area contributed by atoms with Gasteiger partial charge in [0.1, 0.15) is 10.8 Å². The third-order valence-electron chi connectivity index (χ3n) is 1.70. The Hall–Kier alpha value is -0.810. The smallest absolute Gasteiger partial charge is 0.139 e. The number of anilines is 2. The fourth-order valence-electron chi connectivity index (χ4n) is 0.754. The van der Waals surface area contributed by atoms with Gasteiger partial charge in [0.2, 0.25) is 0 Å². The molecule has 74 valence electrons. The minimum absolute atomic E-state index is 0.112. The van der Waals surface area contributed by atoms with Gasteiger partial charge in [0.25, 0.3) is 0 Å². The molecule has 0 saturated carbocycles. The molecule has 0 aliphatic carbocycles. The molecule has 0 fully saturated rings. The topological polar surface area (TPSA) is 71.2 Å². The van der Waals surface area contributed by atoms with Crippen molar-refractivity contribution in [2.24, 2.45) is 5.41 Å². The van der Waals surface area contributed by atoms with E-state index in [4.69, 9.17) is 10.8 Å². The molecule has 0 atom stereocenters. The summed E-state index contributed by atoms with van der Waals surface area (Å²) in [5.41, 5.74) is 5.35. The van der Waals surface area contributed by atoms with Crippen molar-refractivity contribution in [1.82, 2.24) is 4.37 Å². The molecule has 4 N–H and O–H groups in total. The fraction of sp³-hybridized carbons (Fsp3) is 0.625. The van der Waals surface area contributed by atoms with Crippen LogP contribution in [0, 0.1) is 5.41 Å². The lowest BCUT2D eigenvalue weighted by Gasteiger charge is -2.21. The third kappa shape index (κ3) is 3.20. The molecular weight excluding hydrogens is 186 g/mol. The molecule has 1 rings (SSSR count). The van der Waals surface area contributed by atoms with Crippen LogP contribution >= 0.6 is 11.5 Å². The lowest BCUT2D eigenvalue weighted by Crippen LogP contribution is -2.26. The van der Waals surface area contributed by atoms with Gasteiger partial charge >= 0.3 is 0 Å². The fourth-order valence-corrected chi connectivity index (χ4v) is 1.32. The molecule has 0 bridgehead atoms. The number of aromatic nitrogens is 1. The average Bonchev–Trinajstić information content (AvgIpc) is 2.48. The summed E-state index contributed by atoms with van der Waals surface area (Å²) in [7, 11) is 0. The zero-order chi connectivity index (χ0) is 9.90. The van der Waals surface area contributed by atoms with Crippen LogP contribution in [0.2, 0.25) is 0 Å². The first-order valence-corrected chi connectivity index (χ1v) is 4.88. The van der Waals surface area contributed by atoms with Crippen molar-refractivity contribution in [3.05, 3.63) is 6.07 Å². The monoisotopic (exact) mass is 201 g/mol. The summed E-state index contributed by atoms with van der Waals surface area (Å²) in [6.45, 7) is 4.86. The SMILES string of the molecule is CC(C)(CO)CNc1cc(N)ns1. The van der Waals surface area contributed by atoms with Crippen LogP contribution in [0.3, 0.4) is 0 Å². The number of rotatable bonds is 4. The van der Waals surface area contributed by atoms with Crippen molar-refractivity contribution in [3.63, 3.8) is 0 Å². The van der Waals surface area contributed by atoms with E-state index in [0.717, 1.165) is 5.00 Å². The van der Waals surface area contributed by atoms with Crippen LogP contribution in [0.25, 0.3) is 0 Å². The van der Waals surface area contributed by atoms with E-state index in [9.17, 15) is 0 Å². The zero-order valence-corrected chi connectivity index (χ0v) is 8.69. The van der Waals surface area contributed by atoms with Gasteiger partial charge in [0.05, 0.1) is 0 Å². The maximum atomic E-state index is 9.00. The second kappa shape index (κ2) is 3.93. The predicted octanol–water partition coefficient (Wildman–Crippen LogP) is 1.16. The number of hydrogen-bond acceptors (Lipinski definition) is 5. The lowest BCUT2D eigenvalue weighted by atomic mass is 9.95. The largest absolute Gasteiger partial charge is 0.396 e. The molecule has 0 aliphatic rings. The second-order valence-electron chi connectivity index (χ2n) is 3.79. The number of hydrogen-bond donors (Lipinski definition) is 3. The van der Waals surface area contributed by atoms with E-state index in [1.165, 1.54) is 11.5 Å². The number of aliphatic hydroxyl groups excluding tert-OH is 1. The molecule has 5 heteroatoms. The number of aliphatic hydroxyl groups is 1. The first-order chi connectivity index (χ1) is 6.03. The Labute approximate surface area is 81.9 Å². The standard InChI is InChI=1S/C8H15N3OS/c1-8(2,5-12)4-10-7-3-6(9)11-13-7/h3,10,12H,4-5H2,1-2H3,(H2,9,11). The molecule has 0 unspecified atom stereocenters. The average molecular weight is 201 g/mol. The molecule has 4 nitrogen and oxygen atoms in total. The van der Waals surface area contributed by atoms with E-state index >= 15 is 0 Å². The molecule has 1 aromatic rings. The van der Waals surface area contributed by atoms with Crippen LogP contribution in [0.5, 0.6) is 0 Å². The maximum absolute atomic E-state index is 9.00. The molecule has 0 aliphatic heterocycles. The molecule has 0 aromatic carbocycles. The number of nitrogens with two attached hydrogens (primary N) is 1. The van der Waals surface area contributed by atoms with E-state index in [0.29, 0.717) is 12.4 Å². The van der Waals surface area contributed by atoms with Crippen LogP contribution in [0.15, 0.2) is 6.07 Å². The molecule has 0 radical (unpaired) electrons. The summed E-state index contributed by atoms with van der Waals surface area (Å²) in [5, 5.41) is 13.1. The highest BCUT2D eigenvalue weighted by atomic mass is 32.1. The normalized spacial score (nSPS) is 11.6. The van der Waals surface area contributed by atoms with Gasteiger partial charge in [-0.05, 0) is 11.5 Å². The molecule has 1 heterocycles. The van der Waals surface area contributed by atoms with E-state index in [-0.39, 0.29) is 12.0 Å². The second-order valence-corrected chi connectivity index (χ2v) is 4.60. The van der Waals surface area contributed by atoms with Gasteiger partial charge in [0.15, 0.2) is 0 Å². The number of nitrogen functional groups attached to an aromatic ring is 1. The van der Waals surface area contributed by atoms with Crippen LogP contribution in [-0.4, -0.2) is 22.6 Å². The Kier molecular flexibility index (Phi) is 3.11. The van der Waals surface area contributed by atoms with E-state index < -0.39 is 0 Å². The van der Waals surface area contributed by atoms with E-state index in [1.807, 2.05) is 13.8 Å². The van der Waals surface area contributed by atoms with Gasteiger partial charge in [-0.3, -0.25) is 0 Å². The summed E-state index contributed by atoms with van der Waals surface area (Å²) in [6, 6.07) is 1.79.